The number of para-hydroxylation sites is 1. The standard InChI is InChI=1S/C19H22Cl2N4O/c20-13-2-1-3-14(21)16(13)25-17(15(23-24-25)12-4-5-12)19(26)10-18(11-19)6-8-22-9-7-18/h1-3,12,22,26H,4-11H2. The van der Waals surface area contributed by atoms with Gasteiger partial charge in [-0.2, -0.15) is 0 Å². The molecule has 7 heteroatoms. The highest BCUT2D eigenvalue weighted by Gasteiger charge is 2.57. The number of aromatic nitrogens is 3. The zero-order valence-corrected chi connectivity index (χ0v) is 16.0. The molecule has 0 radical (unpaired) electrons. The fourth-order valence-corrected chi connectivity index (χ4v) is 5.43. The van der Waals surface area contributed by atoms with E-state index in [4.69, 9.17) is 23.2 Å². The third-order valence-corrected chi connectivity index (χ3v) is 6.86. The van der Waals surface area contributed by atoms with Gasteiger partial charge in [-0.1, -0.05) is 34.5 Å². The third kappa shape index (κ3) is 2.60. The average molecular weight is 393 g/mol. The van der Waals surface area contributed by atoms with Crippen molar-refractivity contribution < 1.29 is 5.11 Å². The minimum atomic E-state index is -0.902. The zero-order chi connectivity index (χ0) is 17.9. The van der Waals surface area contributed by atoms with Crippen LogP contribution in [0.15, 0.2) is 18.2 Å². The maximum Gasteiger partial charge on any atom is 0.110 e. The molecule has 2 aromatic rings. The number of halogens is 2. The van der Waals surface area contributed by atoms with Gasteiger partial charge in [0.05, 0.1) is 21.4 Å². The molecule has 0 unspecified atom stereocenters. The molecule has 1 aromatic carbocycles. The Labute approximate surface area is 162 Å². The Morgan fingerprint density at radius 2 is 1.77 bits per heavy atom. The number of hydrogen-bond acceptors (Lipinski definition) is 4. The first-order valence-electron chi connectivity index (χ1n) is 9.35. The molecule has 2 heterocycles. The van der Waals surface area contributed by atoms with E-state index in [-0.39, 0.29) is 5.41 Å². The highest BCUT2D eigenvalue weighted by molar-refractivity contribution is 6.37. The molecule has 2 saturated carbocycles. The molecule has 3 aliphatic rings. The molecule has 1 saturated heterocycles. The Balaban J connectivity index is 1.59. The van der Waals surface area contributed by atoms with E-state index in [0.29, 0.717) is 21.7 Å². The first kappa shape index (κ1) is 17.0. The summed E-state index contributed by atoms with van der Waals surface area (Å²) in [4.78, 5) is 0. The van der Waals surface area contributed by atoms with Crippen LogP contribution in [0.25, 0.3) is 5.69 Å². The molecular weight excluding hydrogens is 371 g/mol. The number of hydrogen-bond donors (Lipinski definition) is 2. The minimum absolute atomic E-state index is 0.236. The van der Waals surface area contributed by atoms with Gasteiger partial charge in [-0.25, -0.2) is 4.68 Å². The van der Waals surface area contributed by atoms with Crippen LogP contribution in [0.3, 0.4) is 0 Å². The number of piperidine rings is 1. The second kappa shape index (κ2) is 5.93. The fraction of sp³-hybridized carbons (Fsp3) is 0.579. The highest BCUT2D eigenvalue weighted by atomic mass is 35.5. The minimum Gasteiger partial charge on any atom is -0.383 e. The topological polar surface area (TPSA) is 63.0 Å². The van der Waals surface area contributed by atoms with Gasteiger partial charge in [0.15, 0.2) is 0 Å². The molecule has 3 fully saturated rings. The predicted molar refractivity (Wildman–Crippen MR) is 101 cm³/mol. The van der Waals surface area contributed by atoms with Crippen molar-refractivity contribution in [3.8, 4) is 5.69 Å². The second-order valence-corrected chi connectivity index (χ2v) is 9.03. The molecule has 0 amide bonds. The summed E-state index contributed by atoms with van der Waals surface area (Å²) in [7, 11) is 0. The van der Waals surface area contributed by atoms with E-state index >= 15 is 0 Å². The predicted octanol–water partition coefficient (Wildman–Crippen LogP) is 3.80. The summed E-state index contributed by atoms with van der Waals surface area (Å²) in [5.41, 5.74) is 1.68. The van der Waals surface area contributed by atoms with Crippen molar-refractivity contribution in [3.63, 3.8) is 0 Å². The van der Waals surface area contributed by atoms with Crippen LogP contribution in [-0.2, 0) is 5.60 Å². The largest absolute Gasteiger partial charge is 0.383 e. The van der Waals surface area contributed by atoms with Gasteiger partial charge in [0.25, 0.3) is 0 Å². The van der Waals surface area contributed by atoms with Gasteiger partial charge in [0, 0.05) is 5.92 Å². The van der Waals surface area contributed by atoms with Gasteiger partial charge in [-0.3, -0.25) is 0 Å². The Bertz CT molecular complexity index is 827. The van der Waals surface area contributed by atoms with E-state index < -0.39 is 5.60 Å². The number of nitrogens with one attached hydrogen (secondary N) is 1. The molecule has 1 aliphatic heterocycles. The van der Waals surface area contributed by atoms with Gasteiger partial charge in [0.2, 0.25) is 0 Å². The van der Waals surface area contributed by atoms with E-state index in [1.165, 1.54) is 0 Å². The Morgan fingerprint density at radius 3 is 2.38 bits per heavy atom. The number of aliphatic hydroxyl groups is 1. The van der Waals surface area contributed by atoms with E-state index in [2.05, 4.69) is 15.6 Å². The first-order chi connectivity index (χ1) is 12.5. The number of rotatable bonds is 3. The van der Waals surface area contributed by atoms with Gasteiger partial charge in [-0.15, -0.1) is 5.10 Å². The molecule has 2 N–H and O–H groups in total. The van der Waals surface area contributed by atoms with Crippen LogP contribution in [0.5, 0.6) is 0 Å². The summed E-state index contributed by atoms with van der Waals surface area (Å²) >= 11 is 12.9. The van der Waals surface area contributed by atoms with E-state index in [0.717, 1.165) is 63.0 Å². The van der Waals surface area contributed by atoms with Crippen molar-refractivity contribution in [2.45, 2.75) is 50.0 Å². The highest BCUT2D eigenvalue weighted by Crippen LogP contribution is 2.60. The Morgan fingerprint density at radius 1 is 1.12 bits per heavy atom. The van der Waals surface area contributed by atoms with Gasteiger partial charge in [0.1, 0.15) is 11.3 Å². The Kier molecular flexibility index (Phi) is 3.87. The summed E-state index contributed by atoms with van der Waals surface area (Å²) in [5, 5.41) is 24.8. The van der Waals surface area contributed by atoms with Crippen molar-refractivity contribution in [3.05, 3.63) is 39.6 Å². The van der Waals surface area contributed by atoms with Crippen LogP contribution < -0.4 is 5.32 Å². The molecule has 5 rings (SSSR count). The average Bonchev–Trinajstić information content (AvgIpc) is 3.34. The SMILES string of the molecule is OC1(c2c(C3CC3)nnn2-c2c(Cl)cccc2Cl)CC2(CCNCC2)C1. The van der Waals surface area contributed by atoms with Crippen LogP contribution in [0.4, 0.5) is 0 Å². The molecule has 138 valence electrons. The lowest BCUT2D eigenvalue weighted by Gasteiger charge is -2.55. The molecule has 5 nitrogen and oxygen atoms in total. The molecule has 2 aliphatic carbocycles. The van der Waals surface area contributed by atoms with Crippen molar-refractivity contribution in [1.82, 2.24) is 20.3 Å². The summed E-state index contributed by atoms with van der Waals surface area (Å²) < 4.78 is 1.70. The number of benzene rings is 1. The van der Waals surface area contributed by atoms with Crippen LogP contribution in [0.2, 0.25) is 10.0 Å². The van der Waals surface area contributed by atoms with Crippen LogP contribution >= 0.6 is 23.2 Å². The molecule has 1 spiro atoms. The Hall–Kier alpha value is -1.14. The van der Waals surface area contributed by atoms with Crippen molar-refractivity contribution >= 4 is 23.2 Å². The maximum atomic E-state index is 11.6. The lowest BCUT2D eigenvalue weighted by atomic mass is 9.54. The van der Waals surface area contributed by atoms with E-state index in [9.17, 15) is 5.11 Å². The van der Waals surface area contributed by atoms with Crippen molar-refractivity contribution in [1.29, 1.82) is 0 Å². The second-order valence-electron chi connectivity index (χ2n) is 8.21. The molecule has 1 aromatic heterocycles. The van der Waals surface area contributed by atoms with Crippen LogP contribution in [-0.4, -0.2) is 33.2 Å². The molecule has 0 atom stereocenters. The normalized spacial score (nSPS) is 23.8. The summed E-state index contributed by atoms with van der Waals surface area (Å²) in [6.45, 7) is 2.05. The van der Waals surface area contributed by atoms with Gasteiger partial charge < -0.3 is 10.4 Å². The van der Waals surface area contributed by atoms with Gasteiger partial charge in [-0.05, 0) is 69.2 Å². The van der Waals surface area contributed by atoms with E-state index in [1.54, 1.807) is 16.8 Å². The lowest BCUT2D eigenvalue weighted by Crippen LogP contribution is -2.54. The quantitative estimate of drug-likeness (QED) is 0.833. The molecular formula is C19H22Cl2N4O. The summed E-state index contributed by atoms with van der Waals surface area (Å²) in [6.07, 6.45) is 5.96. The van der Waals surface area contributed by atoms with Crippen molar-refractivity contribution in [2.24, 2.45) is 5.41 Å². The van der Waals surface area contributed by atoms with Gasteiger partial charge >= 0.3 is 0 Å². The maximum absolute atomic E-state index is 11.6. The summed E-state index contributed by atoms with van der Waals surface area (Å²) in [6, 6.07) is 5.41. The third-order valence-electron chi connectivity index (χ3n) is 6.25. The monoisotopic (exact) mass is 392 g/mol. The smallest absolute Gasteiger partial charge is 0.110 e. The van der Waals surface area contributed by atoms with Crippen LogP contribution in [0, 0.1) is 5.41 Å². The zero-order valence-electron chi connectivity index (χ0n) is 14.5. The first-order valence-corrected chi connectivity index (χ1v) is 10.1. The lowest BCUT2D eigenvalue weighted by molar-refractivity contribution is -0.150. The molecule has 26 heavy (non-hydrogen) atoms. The van der Waals surface area contributed by atoms with Crippen molar-refractivity contribution in [2.75, 3.05) is 13.1 Å². The summed E-state index contributed by atoms with van der Waals surface area (Å²) in [5.74, 6) is 0.397. The molecule has 0 bridgehead atoms. The van der Waals surface area contributed by atoms with Crippen LogP contribution in [0.1, 0.15) is 55.8 Å². The fourth-order valence-electron chi connectivity index (χ4n) is 4.88. The number of nitrogens with zero attached hydrogens (tertiary/aromatic N) is 3. The van der Waals surface area contributed by atoms with E-state index in [1.807, 2.05) is 6.07 Å².